The summed E-state index contributed by atoms with van der Waals surface area (Å²) in [4.78, 5) is 22.7. The highest BCUT2D eigenvalue weighted by Crippen LogP contribution is 2.67. The van der Waals surface area contributed by atoms with Crippen molar-refractivity contribution in [3.63, 3.8) is 0 Å². The summed E-state index contributed by atoms with van der Waals surface area (Å²) in [5.41, 5.74) is 1.75. The average molecular weight is 378 g/mol. The topological polar surface area (TPSA) is 110 Å². The molecule has 1 aromatic rings. The molecule has 3 rings (SSSR count). The number of alkyl halides is 1. The van der Waals surface area contributed by atoms with Crippen LogP contribution in [0.3, 0.4) is 0 Å². The van der Waals surface area contributed by atoms with E-state index in [-0.39, 0.29) is 13.0 Å². The number of halogens is 3. The third kappa shape index (κ3) is 2.30. The lowest BCUT2D eigenvalue weighted by Gasteiger charge is -2.31. The van der Waals surface area contributed by atoms with Crippen LogP contribution in [0.2, 0.25) is 10.0 Å². The van der Waals surface area contributed by atoms with E-state index in [4.69, 9.17) is 38.8 Å². The van der Waals surface area contributed by atoms with Crippen molar-refractivity contribution in [1.29, 1.82) is 0 Å². The van der Waals surface area contributed by atoms with E-state index in [0.717, 1.165) is 0 Å². The van der Waals surface area contributed by atoms with Gasteiger partial charge in [-0.15, -0.1) is 0 Å². The predicted octanol–water partition coefficient (Wildman–Crippen LogP) is 2.10. The fourth-order valence-electron chi connectivity index (χ4n) is 3.64. The summed E-state index contributed by atoms with van der Waals surface area (Å²) in [7, 11) is 0. The van der Waals surface area contributed by atoms with Crippen molar-refractivity contribution in [2.45, 2.75) is 30.3 Å². The number of carboxylic acid groups (broad SMARTS) is 2. The Morgan fingerprint density at radius 2 is 2.00 bits per heavy atom. The summed E-state index contributed by atoms with van der Waals surface area (Å²) >= 11 is 11.8. The second-order valence-corrected chi connectivity index (χ2v) is 7.01. The molecule has 4 N–H and O–H groups in total. The minimum absolute atomic E-state index is 0.0430. The Bertz CT molecular complexity index is 732. The Balaban J connectivity index is 1.78. The summed E-state index contributed by atoms with van der Waals surface area (Å²) in [6.45, 7) is -0.0430. The fourth-order valence-corrected chi connectivity index (χ4v) is 4.10. The number of hydrogen-bond acceptors (Lipinski definition) is 4. The van der Waals surface area contributed by atoms with E-state index in [0.29, 0.717) is 15.6 Å². The number of hydrogen-bond donors (Lipinski definition) is 3. The Kier molecular flexibility index (Phi) is 4.03. The van der Waals surface area contributed by atoms with Gasteiger partial charge in [0.1, 0.15) is 5.54 Å². The van der Waals surface area contributed by atoms with Crippen LogP contribution >= 0.6 is 23.2 Å². The number of fused-ring (bicyclic) bond motifs is 1. The maximum atomic E-state index is 14.4. The summed E-state index contributed by atoms with van der Waals surface area (Å²) in [5, 5.41) is 19.2. The molecule has 24 heavy (non-hydrogen) atoms. The lowest BCUT2D eigenvalue weighted by molar-refractivity contribution is -0.156. The smallest absolute Gasteiger partial charge is 0.342 e. The van der Waals surface area contributed by atoms with Crippen molar-refractivity contribution in [3.05, 3.63) is 33.8 Å². The van der Waals surface area contributed by atoms with E-state index < -0.39 is 41.1 Å². The molecule has 6 nitrogen and oxygen atoms in total. The van der Waals surface area contributed by atoms with Gasteiger partial charge in [-0.3, -0.25) is 4.79 Å². The molecule has 9 heteroatoms. The van der Waals surface area contributed by atoms with Gasteiger partial charge in [-0.1, -0.05) is 29.3 Å². The maximum Gasteiger partial charge on any atom is 0.342 e. The molecule has 2 saturated carbocycles. The number of rotatable bonds is 5. The van der Waals surface area contributed by atoms with E-state index in [2.05, 4.69) is 0 Å². The average Bonchev–Trinajstić information content (AvgIpc) is 2.96. The second kappa shape index (κ2) is 5.56. The van der Waals surface area contributed by atoms with Gasteiger partial charge in [0.15, 0.2) is 0 Å². The molecule has 0 aromatic heterocycles. The molecule has 0 bridgehead atoms. The standard InChI is InChI=1S/C15H14Cl2FNO5/c16-7-2-1-6(9(17)3-7)5-24-10-4-8-11(14(8,18)12(20)21)15(10,19)13(22)23/h1-3,8,10-11H,4-5,19H2,(H,20,21)(H,22,23)/t8?,10?,11?,14-,15+/m1/s1. The van der Waals surface area contributed by atoms with Crippen LogP contribution in [-0.4, -0.2) is 39.5 Å². The van der Waals surface area contributed by atoms with Crippen LogP contribution < -0.4 is 5.73 Å². The summed E-state index contributed by atoms with van der Waals surface area (Å²) in [6.07, 6.45) is -1.10. The van der Waals surface area contributed by atoms with Crippen molar-refractivity contribution in [1.82, 2.24) is 0 Å². The third-order valence-corrected chi connectivity index (χ3v) is 5.54. The number of nitrogens with two attached hydrogens (primary N) is 1. The van der Waals surface area contributed by atoms with E-state index in [1.165, 1.54) is 6.07 Å². The van der Waals surface area contributed by atoms with Crippen LogP contribution in [0.5, 0.6) is 0 Å². The molecular weight excluding hydrogens is 364 g/mol. The van der Waals surface area contributed by atoms with Crippen LogP contribution in [0.25, 0.3) is 0 Å². The molecule has 130 valence electrons. The Labute approximate surface area is 146 Å². The van der Waals surface area contributed by atoms with E-state index >= 15 is 0 Å². The van der Waals surface area contributed by atoms with Crippen LogP contribution in [0.1, 0.15) is 12.0 Å². The molecule has 0 spiro atoms. The number of carbonyl (C=O) groups is 2. The molecule has 0 heterocycles. The Morgan fingerprint density at radius 1 is 1.33 bits per heavy atom. The molecule has 0 radical (unpaired) electrons. The molecule has 0 aliphatic heterocycles. The Hall–Kier alpha value is -1.41. The van der Waals surface area contributed by atoms with Gasteiger partial charge in [0, 0.05) is 21.9 Å². The zero-order valence-electron chi connectivity index (χ0n) is 12.2. The van der Waals surface area contributed by atoms with E-state index in [1.54, 1.807) is 12.1 Å². The number of aliphatic carboxylic acids is 2. The molecule has 0 saturated heterocycles. The van der Waals surface area contributed by atoms with Crippen molar-refractivity contribution in [2.75, 3.05) is 0 Å². The first kappa shape index (κ1) is 17.4. The zero-order chi connectivity index (χ0) is 17.9. The SMILES string of the molecule is N[C@@]1(C(=O)O)C(OCc2ccc(Cl)cc2Cl)CC2C1[C@@]2(F)C(=O)O. The molecule has 2 aliphatic carbocycles. The van der Waals surface area contributed by atoms with Crippen molar-refractivity contribution >= 4 is 35.1 Å². The van der Waals surface area contributed by atoms with Gasteiger partial charge in [0.25, 0.3) is 0 Å². The number of ether oxygens (including phenoxy) is 1. The van der Waals surface area contributed by atoms with Gasteiger partial charge >= 0.3 is 11.9 Å². The lowest BCUT2D eigenvalue weighted by Crippen LogP contribution is -2.60. The predicted molar refractivity (Wildman–Crippen MR) is 82.7 cm³/mol. The van der Waals surface area contributed by atoms with Gasteiger partial charge < -0.3 is 20.7 Å². The highest BCUT2D eigenvalue weighted by molar-refractivity contribution is 6.35. The van der Waals surface area contributed by atoms with Gasteiger partial charge in [0.05, 0.1) is 12.7 Å². The van der Waals surface area contributed by atoms with Gasteiger partial charge in [-0.05, 0) is 24.1 Å². The zero-order valence-corrected chi connectivity index (χ0v) is 13.7. The second-order valence-electron chi connectivity index (χ2n) is 6.17. The minimum Gasteiger partial charge on any atom is -0.480 e. The number of carboxylic acids is 2. The van der Waals surface area contributed by atoms with Crippen LogP contribution in [0.15, 0.2) is 18.2 Å². The molecule has 3 unspecified atom stereocenters. The number of benzene rings is 1. The highest BCUT2D eigenvalue weighted by Gasteiger charge is 2.85. The Morgan fingerprint density at radius 3 is 2.54 bits per heavy atom. The normalized spacial score (nSPS) is 37.1. The quantitative estimate of drug-likeness (QED) is 0.724. The summed E-state index contributed by atoms with van der Waals surface area (Å²) in [5.74, 6) is -5.46. The van der Waals surface area contributed by atoms with Crippen molar-refractivity contribution < 1.29 is 28.9 Å². The lowest BCUT2D eigenvalue weighted by atomic mass is 9.88. The van der Waals surface area contributed by atoms with Crippen LogP contribution in [0.4, 0.5) is 4.39 Å². The highest BCUT2D eigenvalue weighted by atomic mass is 35.5. The van der Waals surface area contributed by atoms with Crippen molar-refractivity contribution in [3.8, 4) is 0 Å². The van der Waals surface area contributed by atoms with Gasteiger partial charge in [-0.25, -0.2) is 9.18 Å². The molecule has 2 aliphatic rings. The monoisotopic (exact) mass is 377 g/mol. The molecule has 0 amide bonds. The fraction of sp³-hybridized carbons (Fsp3) is 0.467. The largest absolute Gasteiger partial charge is 0.480 e. The van der Waals surface area contributed by atoms with E-state index in [9.17, 15) is 19.1 Å². The van der Waals surface area contributed by atoms with Crippen molar-refractivity contribution in [2.24, 2.45) is 17.6 Å². The summed E-state index contributed by atoms with van der Waals surface area (Å²) in [6, 6.07) is 4.73. The molecular formula is C15H14Cl2FNO5. The molecule has 5 atom stereocenters. The molecule has 2 fully saturated rings. The molecule has 1 aromatic carbocycles. The first-order chi connectivity index (χ1) is 11.1. The van der Waals surface area contributed by atoms with Crippen LogP contribution in [-0.2, 0) is 20.9 Å². The van der Waals surface area contributed by atoms with Gasteiger partial charge in [-0.2, -0.15) is 0 Å². The van der Waals surface area contributed by atoms with Crippen LogP contribution in [0, 0.1) is 11.8 Å². The third-order valence-electron chi connectivity index (χ3n) is 4.95. The maximum absolute atomic E-state index is 14.4. The first-order valence-corrected chi connectivity index (χ1v) is 7.89. The summed E-state index contributed by atoms with van der Waals surface area (Å²) < 4.78 is 20.0. The van der Waals surface area contributed by atoms with Gasteiger partial charge in [0.2, 0.25) is 5.67 Å². The first-order valence-electron chi connectivity index (χ1n) is 7.13. The van der Waals surface area contributed by atoms with E-state index in [1.807, 2.05) is 0 Å². The minimum atomic E-state index is -2.61.